The third kappa shape index (κ3) is 2.54. The first-order chi connectivity index (χ1) is 12.3. The molecular formula is C23H25NS. The van der Waals surface area contributed by atoms with Crippen molar-refractivity contribution in [2.75, 3.05) is 0 Å². The summed E-state index contributed by atoms with van der Waals surface area (Å²) in [6.07, 6.45) is 10.1. The lowest BCUT2D eigenvalue weighted by molar-refractivity contribution is 0.441. The van der Waals surface area contributed by atoms with Crippen LogP contribution in [-0.4, -0.2) is 4.98 Å². The van der Waals surface area contributed by atoms with Crippen LogP contribution >= 0.6 is 11.3 Å². The average Bonchev–Trinajstić information content (AvgIpc) is 3.04. The normalized spacial score (nSPS) is 19.6. The van der Waals surface area contributed by atoms with Gasteiger partial charge in [0, 0.05) is 16.0 Å². The lowest BCUT2D eigenvalue weighted by Crippen LogP contribution is -2.16. The molecule has 1 aromatic carbocycles. The molecule has 2 heterocycles. The molecule has 1 unspecified atom stereocenters. The minimum absolute atomic E-state index is 0.823. The number of fused-ring (bicyclic) bond motifs is 4. The van der Waals surface area contributed by atoms with E-state index in [1.807, 2.05) is 11.3 Å². The van der Waals surface area contributed by atoms with Gasteiger partial charge in [-0.05, 0) is 73.1 Å². The fourth-order valence-electron chi connectivity index (χ4n) is 4.80. The van der Waals surface area contributed by atoms with E-state index in [4.69, 9.17) is 4.98 Å². The molecular weight excluding hydrogens is 322 g/mol. The van der Waals surface area contributed by atoms with Crippen LogP contribution in [0.5, 0.6) is 0 Å². The Kier molecular flexibility index (Phi) is 3.89. The van der Waals surface area contributed by atoms with E-state index in [0.29, 0.717) is 0 Å². The molecule has 5 rings (SSSR count). The summed E-state index contributed by atoms with van der Waals surface area (Å²) in [4.78, 5) is 8.11. The van der Waals surface area contributed by atoms with Gasteiger partial charge in [-0.3, -0.25) is 0 Å². The van der Waals surface area contributed by atoms with Crippen molar-refractivity contribution in [1.29, 1.82) is 0 Å². The Bertz CT molecular complexity index is 922. The van der Waals surface area contributed by atoms with Gasteiger partial charge in [0.2, 0.25) is 0 Å². The minimum atomic E-state index is 0.823. The van der Waals surface area contributed by atoms with Crippen molar-refractivity contribution in [2.45, 2.75) is 58.3 Å². The monoisotopic (exact) mass is 347 g/mol. The number of hydrogen-bond donors (Lipinski definition) is 0. The van der Waals surface area contributed by atoms with E-state index in [-0.39, 0.29) is 0 Å². The molecule has 128 valence electrons. The Morgan fingerprint density at radius 1 is 1.04 bits per heavy atom. The molecule has 0 aliphatic heterocycles. The van der Waals surface area contributed by atoms with Crippen molar-refractivity contribution < 1.29 is 0 Å². The van der Waals surface area contributed by atoms with E-state index in [0.717, 1.165) is 12.3 Å². The first kappa shape index (κ1) is 15.6. The largest absolute Gasteiger partial charge is 0.242 e. The summed E-state index contributed by atoms with van der Waals surface area (Å²) in [5, 5.41) is 1.50. The summed E-state index contributed by atoms with van der Waals surface area (Å²) in [7, 11) is 0. The number of pyridine rings is 1. The summed E-state index contributed by atoms with van der Waals surface area (Å²) in [6, 6.07) is 11.1. The topological polar surface area (TPSA) is 12.9 Å². The summed E-state index contributed by atoms with van der Waals surface area (Å²) in [5.41, 5.74) is 7.49. The van der Waals surface area contributed by atoms with E-state index in [1.165, 1.54) is 72.0 Å². The molecule has 0 saturated heterocycles. The van der Waals surface area contributed by atoms with Crippen LogP contribution in [0, 0.1) is 5.92 Å². The third-order valence-corrected chi connectivity index (χ3v) is 7.40. The van der Waals surface area contributed by atoms with Crippen molar-refractivity contribution in [3.8, 4) is 11.1 Å². The van der Waals surface area contributed by atoms with Crippen molar-refractivity contribution in [3.63, 3.8) is 0 Å². The maximum Gasteiger partial charge on any atom is 0.124 e. The molecule has 2 aliphatic rings. The van der Waals surface area contributed by atoms with E-state index in [9.17, 15) is 0 Å². The van der Waals surface area contributed by atoms with E-state index < -0.39 is 0 Å². The summed E-state index contributed by atoms with van der Waals surface area (Å²) in [5.74, 6) is 0.823. The van der Waals surface area contributed by atoms with E-state index >= 15 is 0 Å². The van der Waals surface area contributed by atoms with E-state index in [1.54, 1.807) is 16.0 Å². The number of thiophene rings is 1. The van der Waals surface area contributed by atoms with Crippen molar-refractivity contribution >= 4 is 21.6 Å². The van der Waals surface area contributed by atoms with Crippen molar-refractivity contribution in [1.82, 2.24) is 4.98 Å². The Morgan fingerprint density at radius 3 is 2.72 bits per heavy atom. The van der Waals surface area contributed by atoms with Crippen molar-refractivity contribution in [3.05, 3.63) is 52.0 Å². The zero-order valence-corrected chi connectivity index (χ0v) is 15.8. The minimum Gasteiger partial charge on any atom is -0.242 e. The van der Waals surface area contributed by atoms with Gasteiger partial charge in [0.05, 0.1) is 0 Å². The number of aromatic nitrogens is 1. The highest BCUT2D eigenvalue weighted by atomic mass is 32.1. The number of rotatable bonds is 2. The van der Waals surface area contributed by atoms with Crippen molar-refractivity contribution in [2.24, 2.45) is 5.92 Å². The molecule has 1 nitrogen and oxygen atoms in total. The first-order valence-electron chi connectivity index (χ1n) is 9.86. The predicted molar refractivity (Wildman–Crippen MR) is 108 cm³/mol. The maximum absolute atomic E-state index is 5.19. The first-order valence-corrected chi connectivity index (χ1v) is 10.7. The Hall–Kier alpha value is -1.67. The molecule has 0 N–H and O–H groups in total. The van der Waals surface area contributed by atoms with Gasteiger partial charge >= 0.3 is 0 Å². The number of nitrogens with zero attached hydrogens (tertiary/aromatic N) is 1. The van der Waals surface area contributed by atoms with Gasteiger partial charge in [0.25, 0.3) is 0 Å². The SMILES string of the molecule is CCC1CCc2nc3sc4c(c3c(-c3ccccc3)c2C1)CCCC4. The molecule has 3 aromatic rings. The number of aryl methyl sites for hydroxylation is 3. The van der Waals surface area contributed by atoms with Crippen LogP contribution in [0.15, 0.2) is 30.3 Å². The smallest absolute Gasteiger partial charge is 0.124 e. The summed E-state index contributed by atoms with van der Waals surface area (Å²) < 4.78 is 0. The Labute approximate surface area is 154 Å². The molecule has 25 heavy (non-hydrogen) atoms. The van der Waals surface area contributed by atoms with Crippen LogP contribution < -0.4 is 0 Å². The number of benzene rings is 1. The van der Waals surface area contributed by atoms with Crippen LogP contribution in [0.4, 0.5) is 0 Å². The third-order valence-electron chi connectivity index (χ3n) is 6.21. The van der Waals surface area contributed by atoms with Gasteiger partial charge in [0.15, 0.2) is 0 Å². The Balaban J connectivity index is 1.84. The summed E-state index contributed by atoms with van der Waals surface area (Å²) >= 11 is 1.98. The molecule has 0 spiro atoms. The number of hydrogen-bond acceptors (Lipinski definition) is 2. The van der Waals surface area contributed by atoms with Crippen LogP contribution in [0.25, 0.3) is 21.3 Å². The highest BCUT2D eigenvalue weighted by Gasteiger charge is 2.27. The van der Waals surface area contributed by atoms with Gasteiger partial charge in [-0.1, -0.05) is 43.7 Å². The average molecular weight is 348 g/mol. The Morgan fingerprint density at radius 2 is 1.88 bits per heavy atom. The highest BCUT2D eigenvalue weighted by Crippen LogP contribution is 2.45. The lowest BCUT2D eigenvalue weighted by Gasteiger charge is -2.26. The van der Waals surface area contributed by atoms with E-state index in [2.05, 4.69) is 37.3 Å². The van der Waals surface area contributed by atoms with Gasteiger partial charge in [0.1, 0.15) is 4.83 Å². The van der Waals surface area contributed by atoms with Crippen LogP contribution in [-0.2, 0) is 25.7 Å². The van der Waals surface area contributed by atoms with Crippen LogP contribution in [0.3, 0.4) is 0 Å². The molecule has 2 aliphatic carbocycles. The second-order valence-corrected chi connectivity index (χ2v) is 8.77. The van der Waals surface area contributed by atoms with Crippen LogP contribution in [0.2, 0.25) is 0 Å². The predicted octanol–water partition coefficient (Wildman–Crippen LogP) is 6.36. The highest BCUT2D eigenvalue weighted by molar-refractivity contribution is 7.19. The standard InChI is InChI=1S/C23H25NS/c1-2-15-12-13-19-18(14-15)21(16-8-4-3-5-9-16)22-17-10-6-7-11-20(17)25-23(22)24-19/h3-5,8-9,15H,2,6-7,10-14H2,1H3. The summed E-state index contributed by atoms with van der Waals surface area (Å²) in [6.45, 7) is 2.34. The van der Waals surface area contributed by atoms with Crippen LogP contribution in [0.1, 0.15) is 54.3 Å². The van der Waals surface area contributed by atoms with Gasteiger partial charge < -0.3 is 0 Å². The zero-order valence-electron chi connectivity index (χ0n) is 15.0. The fraction of sp³-hybridized carbons (Fsp3) is 0.435. The lowest BCUT2D eigenvalue weighted by atomic mass is 9.80. The molecule has 0 amide bonds. The van der Waals surface area contributed by atoms with Gasteiger partial charge in [-0.25, -0.2) is 4.98 Å². The quantitative estimate of drug-likeness (QED) is 0.526. The maximum atomic E-state index is 5.19. The molecule has 1 atom stereocenters. The zero-order chi connectivity index (χ0) is 16.8. The molecule has 2 heteroatoms. The molecule has 2 aromatic heterocycles. The van der Waals surface area contributed by atoms with Gasteiger partial charge in [-0.15, -0.1) is 11.3 Å². The fourth-order valence-corrected chi connectivity index (χ4v) is 6.09. The molecule has 0 bridgehead atoms. The second kappa shape index (κ2) is 6.25. The van der Waals surface area contributed by atoms with Gasteiger partial charge in [-0.2, -0.15) is 0 Å². The molecule has 0 radical (unpaired) electrons. The second-order valence-electron chi connectivity index (χ2n) is 7.69. The molecule has 0 fully saturated rings. The molecule has 0 saturated carbocycles.